The molecule has 0 amide bonds. The molecule has 13 aromatic rings. The Bertz CT molecular complexity index is 3850. The van der Waals surface area contributed by atoms with Gasteiger partial charge in [0.25, 0.3) is 0 Å². The van der Waals surface area contributed by atoms with E-state index in [1.165, 1.54) is 37.8 Å². The molecule has 0 aliphatic carbocycles. The Morgan fingerprint density at radius 1 is 0.317 bits per heavy atom. The van der Waals surface area contributed by atoms with Gasteiger partial charge in [-0.25, -0.2) is 0 Å². The molecule has 3 aromatic heterocycles. The SMILES string of the molecule is c1ccc2cc(N(c3ccc(-c4ccc5c(c4)c4c6ccccc6ccc4n5-c4ccc5c(c4)oc4ccccc45)cc3)c3ccc4c(c3)oc3ccccc34)ccc2c1. The van der Waals surface area contributed by atoms with Gasteiger partial charge in [-0.3, -0.25) is 0 Å². The Balaban J connectivity index is 0.957. The maximum absolute atomic E-state index is 6.38. The summed E-state index contributed by atoms with van der Waals surface area (Å²) < 4.78 is 15.1. The molecule has 0 aliphatic rings. The molecule has 0 unspecified atom stereocenters. The normalized spacial score (nSPS) is 12.0. The molecule has 0 fully saturated rings. The van der Waals surface area contributed by atoms with Crippen LogP contribution in [0.25, 0.3) is 104 Å². The van der Waals surface area contributed by atoms with Gasteiger partial charge in [-0.2, -0.15) is 0 Å². The summed E-state index contributed by atoms with van der Waals surface area (Å²) >= 11 is 0. The molecule has 0 bridgehead atoms. The molecule has 280 valence electrons. The van der Waals surface area contributed by atoms with Crippen molar-refractivity contribution >= 4 is 104 Å². The smallest absolute Gasteiger partial charge is 0.137 e. The molecular formula is C56H34N2O2. The van der Waals surface area contributed by atoms with E-state index >= 15 is 0 Å². The topological polar surface area (TPSA) is 34.5 Å². The molecule has 13 rings (SSSR count). The van der Waals surface area contributed by atoms with Gasteiger partial charge in [0.05, 0.1) is 11.0 Å². The first kappa shape index (κ1) is 32.9. The molecule has 0 saturated carbocycles. The molecule has 3 heterocycles. The van der Waals surface area contributed by atoms with Crippen molar-refractivity contribution < 1.29 is 8.83 Å². The standard InChI is InChI=1S/C56H34N2O2/c1-2-11-38-31-41(24-19-35(38)9-1)57(42-25-27-47-45-13-5-7-15-52(45)59-54(47)33-42)40-22-17-36(18-23-40)39-21-29-50-49(32-39)56-44-12-4-3-10-37(44)20-30-51(56)58(50)43-26-28-48-46-14-6-8-16-53(46)60-55(48)34-43/h1-34H. The van der Waals surface area contributed by atoms with Crippen molar-refractivity contribution in [1.82, 2.24) is 4.57 Å². The van der Waals surface area contributed by atoms with Crippen molar-refractivity contribution in [3.05, 3.63) is 206 Å². The Kier molecular flexibility index (Phi) is 6.98. The maximum atomic E-state index is 6.38. The fraction of sp³-hybridized carbons (Fsp3) is 0. The van der Waals surface area contributed by atoms with Gasteiger partial charge in [-0.05, 0) is 112 Å². The van der Waals surface area contributed by atoms with Crippen molar-refractivity contribution in [3.8, 4) is 16.8 Å². The Hall–Kier alpha value is -8.08. The molecule has 60 heavy (non-hydrogen) atoms. The quantitative estimate of drug-likeness (QED) is 0.175. The van der Waals surface area contributed by atoms with Crippen LogP contribution in [0.5, 0.6) is 0 Å². The minimum absolute atomic E-state index is 0.869. The van der Waals surface area contributed by atoms with Gasteiger partial charge in [-0.15, -0.1) is 0 Å². The summed E-state index contributed by atoms with van der Waals surface area (Å²) in [6.07, 6.45) is 0. The van der Waals surface area contributed by atoms with Gasteiger partial charge in [0, 0.05) is 67.2 Å². The molecule has 0 saturated heterocycles. The van der Waals surface area contributed by atoms with Crippen molar-refractivity contribution in [2.45, 2.75) is 0 Å². The first-order valence-electron chi connectivity index (χ1n) is 20.4. The van der Waals surface area contributed by atoms with Gasteiger partial charge < -0.3 is 18.3 Å². The van der Waals surface area contributed by atoms with Crippen LogP contribution < -0.4 is 4.90 Å². The second kappa shape index (κ2) is 12.7. The predicted octanol–water partition coefficient (Wildman–Crippen LogP) is 16.0. The number of benzene rings is 10. The molecule has 0 N–H and O–H groups in total. The lowest BCUT2D eigenvalue weighted by molar-refractivity contribution is 0.668. The van der Waals surface area contributed by atoms with Crippen LogP contribution in [0.3, 0.4) is 0 Å². The van der Waals surface area contributed by atoms with Gasteiger partial charge in [-0.1, -0.05) is 115 Å². The Morgan fingerprint density at radius 2 is 0.867 bits per heavy atom. The molecule has 10 aromatic carbocycles. The molecule has 0 spiro atoms. The molecule has 0 atom stereocenters. The van der Waals surface area contributed by atoms with Gasteiger partial charge >= 0.3 is 0 Å². The van der Waals surface area contributed by atoms with Crippen molar-refractivity contribution in [3.63, 3.8) is 0 Å². The number of hydrogen-bond donors (Lipinski definition) is 0. The highest BCUT2D eigenvalue weighted by atomic mass is 16.3. The number of para-hydroxylation sites is 2. The molecule has 0 radical (unpaired) electrons. The zero-order chi connectivity index (χ0) is 39.3. The number of anilines is 3. The highest BCUT2D eigenvalue weighted by molar-refractivity contribution is 6.22. The van der Waals surface area contributed by atoms with Gasteiger partial charge in [0.15, 0.2) is 0 Å². The molecule has 4 heteroatoms. The summed E-state index contributed by atoms with van der Waals surface area (Å²) in [7, 11) is 0. The minimum Gasteiger partial charge on any atom is -0.456 e. The Morgan fingerprint density at radius 3 is 1.65 bits per heavy atom. The first-order chi connectivity index (χ1) is 29.7. The summed E-state index contributed by atoms with van der Waals surface area (Å²) in [6.45, 7) is 0. The van der Waals surface area contributed by atoms with E-state index in [0.29, 0.717) is 0 Å². The third-order valence-electron chi connectivity index (χ3n) is 12.3. The Labute approximate surface area is 344 Å². The van der Waals surface area contributed by atoms with Crippen LogP contribution in [0.2, 0.25) is 0 Å². The second-order valence-electron chi connectivity index (χ2n) is 15.7. The summed E-state index contributed by atoms with van der Waals surface area (Å²) in [4.78, 5) is 2.32. The number of furan rings is 2. The number of hydrogen-bond acceptors (Lipinski definition) is 3. The lowest BCUT2D eigenvalue weighted by atomic mass is 9.99. The zero-order valence-electron chi connectivity index (χ0n) is 32.3. The number of aromatic nitrogens is 1. The molecule has 0 aliphatic heterocycles. The van der Waals surface area contributed by atoms with Crippen molar-refractivity contribution in [1.29, 1.82) is 0 Å². The predicted molar refractivity (Wildman–Crippen MR) is 250 cm³/mol. The van der Waals surface area contributed by atoms with Crippen molar-refractivity contribution in [2.75, 3.05) is 4.90 Å². The number of fused-ring (bicyclic) bond motifs is 12. The van der Waals surface area contributed by atoms with E-state index in [-0.39, 0.29) is 0 Å². The summed E-state index contributed by atoms with van der Waals surface area (Å²) in [5.41, 5.74) is 12.4. The average Bonchev–Trinajstić information content (AvgIpc) is 3.98. The van der Waals surface area contributed by atoms with Gasteiger partial charge in [0.1, 0.15) is 22.3 Å². The zero-order valence-corrected chi connectivity index (χ0v) is 32.3. The van der Waals surface area contributed by atoms with Crippen LogP contribution >= 0.6 is 0 Å². The van der Waals surface area contributed by atoms with E-state index in [9.17, 15) is 0 Å². The van der Waals surface area contributed by atoms with E-state index in [4.69, 9.17) is 8.83 Å². The van der Waals surface area contributed by atoms with Crippen LogP contribution in [-0.4, -0.2) is 4.57 Å². The first-order valence-corrected chi connectivity index (χ1v) is 20.4. The number of nitrogens with zero attached hydrogens (tertiary/aromatic N) is 2. The van der Waals surface area contributed by atoms with Crippen LogP contribution in [0.15, 0.2) is 215 Å². The second-order valence-corrected chi connectivity index (χ2v) is 15.7. The third-order valence-corrected chi connectivity index (χ3v) is 12.3. The van der Waals surface area contributed by atoms with Crippen LogP contribution in [0.4, 0.5) is 17.1 Å². The monoisotopic (exact) mass is 766 g/mol. The fourth-order valence-corrected chi connectivity index (χ4v) is 9.52. The lowest BCUT2D eigenvalue weighted by Crippen LogP contribution is -2.09. The van der Waals surface area contributed by atoms with Crippen LogP contribution in [0.1, 0.15) is 0 Å². The summed E-state index contributed by atoms with van der Waals surface area (Å²) in [6, 6.07) is 73.9. The minimum atomic E-state index is 0.869. The van der Waals surface area contributed by atoms with Crippen LogP contribution in [-0.2, 0) is 0 Å². The number of rotatable bonds is 5. The lowest BCUT2D eigenvalue weighted by Gasteiger charge is -2.26. The van der Waals surface area contributed by atoms with E-state index in [1.54, 1.807) is 0 Å². The molecule has 4 nitrogen and oxygen atoms in total. The third kappa shape index (κ3) is 4.98. The molecular weight excluding hydrogens is 733 g/mol. The van der Waals surface area contributed by atoms with Gasteiger partial charge in [0.2, 0.25) is 0 Å². The maximum Gasteiger partial charge on any atom is 0.137 e. The van der Waals surface area contributed by atoms with E-state index in [2.05, 4.69) is 191 Å². The largest absolute Gasteiger partial charge is 0.456 e. The fourth-order valence-electron chi connectivity index (χ4n) is 9.52. The van der Waals surface area contributed by atoms with E-state index in [0.717, 1.165) is 83.3 Å². The van der Waals surface area contributed by atoms with Crippen LogP contribution in [0, 0.1) is 0 Å². The van der Waals surface area contributed by atoms with E-state index in [1.807, 2.05) is 24.3 Å². The summed E-state index contributed by atoms with van der Waals surface area (Å²) in [5, 5.41) is 11.8. The highest BCUT2D eigenvalue weighted by Gasteiger charge is 2.19. The van der Waals surface area contributed by atoms with E-state index < -0.39 is 0 Å². The summed E-state index contributed by atoms with van der Waals surface area (Å²) in [5.74, 6) is 0. The highest BCUT2D eigenvalue weighted by Crippen LogP contribution is 2.43. The average molecular weight is 767 g/mol. The van der Waals surface area contributed by atoms with Crippen molar-refractivity contribution in [2.24, 2.45) is 0 Å².